The van der Waals surface area contributed by atoms with E-state index in [2.05, 4.69) is 63.3 Å². The Kier molecular flexibility index (Phi) is 6.31. The monoisotopic (exact) mass is 512 g/mol. The summed E-state index contributed by atoms with van der Waals surface area (Å²) >= 11 is 2.94. The van der Waals surface area contributed by atoms with Crippen molar-refractivity contribution in [3.8, 4) is 0 Å². The molecule has 0 aromatic rings. The van der Waals surface area contributed by atoms with Crippen LogP contribution in [0, 0.1) is 40.4 Å². The standard InChI is InChI=1S/C27H45IO/c1-18(2)7-6-8-19(3)22-11-12-23-24-10-9-20-17-21(29)13-14-26(20,5)27(24,28)16-15-25(22,23)4/h9,18-19,21-24,29H,6-8,10-17H2,1-5H3/t19-,21+,22-,23+,24+,25-,26+,27-/m1/s1. The van der Waals surface area contributed by atoms with Gasteiger partial charge in [0.2, 0.25) is 0 Å². The van der Waals surface area contributed by atoms with Crippen molar-refractivity contribution in [1.29, 1.82) is 0 Å². The molecule has 1 nitrogen and oxygen atoms in total. The molecular weight excluding hydrogens is 467 g/mol. The molecule has 0 saturated heterocycles. The second-order valence-corrected chi connectivity index (χ2v) is 14.2. The third-order valence-corrected chi connectivity index (χ3v) is 12.9. The third kappa shape index (κ3) is 3.58. The van der Waals surface area contributed by atoms with Crippen LogP contribution in [-0.2, 0) is 0 Å². The first-order valence-corrected chi connectivity index (χ1v) is 13.8. The van der Waals surface area contributed by atoms with Crippen molar-refractivity contribution in [1.82, 2.24) is 0 Å². The van der Waals surface area contributed by atoms with Gasteiger partial charge in [-0.3, -0.25) is 0 Å². The smallest absolute Gasteiger partial charge is 0.0577 e. The zero-order valence-corrected chi connectivity index (χ0v) is 21.8. The number of fused-ring (bicyclic) bond motifs is 5. The van der Waals surface area contributed by atoms with Crippen LogP contribution in [0.5, 0.6) is 0 Å². The lowest BCUT2D eigenvalue weighted by Crippen LogP contribution is -2.59. The Hall–Kier alpha value is 0.430. The van der Waals surface area contributed by atoms with Crippen LogP contribution in [0.2, 0.25) is 0 Å². The molecule has 0 heterocycles. The van der Waals surface area contributed by atoms with E-state index in [1.54, 1.807) is 5.57 Å². The van der Waals surface area contributed by atoms with Crippen LogP contribution in [-0.4, -0.2) is 14.6 Å². The number of aliphatic hydroxyl groups excluding tert-OH is 1. The van der Waals surface area contributed by atoms with Crippen molar-refractivity contribution in [2.45, 2.75) is 115 Å². The Labute approximate surface area is 194 Å². The molecule has 2 heteroatoms. The summed E-state index contributed by atoms with van der Waals surface area (Å²) in [4.78, 5) is 0. The first-order valence-electron chi connectivity index (χ1n) is 12.7. The highest BCUT2D eigenvalue weighted by atomic mass is 127. The van der Waals surface area contributed by atoms with E-state index in [1.165, 1.54) is 57.8 Å². The van der Waals surface area contributed by atoms with Crippen molar-refractivity contribution >= 4 is 22.6 Å². The van der Waals surface area contributed by atoms with E-state index >= 15 is 0 Å². The van der Waals surface area contributed by atoms with Gasteiger partial charge in [0.15, 0.2) is 0 Å². The van der Waals surface area contributed by atoms with Gasteiger partial charge in [0, 0.05) is 8.84 Å². The van der Waals surface area contributed by atoms with Crippen LogP contribution in [0.1, 0.15) is 105 Å². The molecule has 0 radical (unpaired) electrons. The largest absolute Gasteiger partial charge is 0.393 e. The summed E-state index contributed by atoms with van der Waals surface area (Å²) in [6.07, 6.45) is 16.9. The summed E-state index contributed by atoms with van der Waals surface area (Å²) in [5, 5.41) is 10.3. The molecule has 4 rings (SSSR count). The normalized spacial score (nSPS) is 47.9. The van der Waals surface area contributed by atoms with Crippen LogP contribution >= 0.6 is 22.6 Å². The van der Waals surface area contributed by atoms with Crippen molar-refractivity contribution < 1.29 is 5.11 Å². The molecule has 0 amide bonds. The van der Waals surface area contributed by atoms with Gasteiger partial charge in [-0.05, 0) is 86.4 Å². The van der Waals surface area contributed by atoms with Crippen molar-refractivity contribution in [2.24, 2.45) is 40.4 Å². The number of rotatable bonds is 5. The van der Waals surface area contributed by atoms with Gasteiger partial charge in [0.1, 0.15) is 0 Å². The topological polar surface area (TPSA) is 20.2 Å². The zero-order chi connectivity index (χ0) is 21.0. The van der Waals surface area contributed by atoms with Crippen molar-refractivity contribution in [3.05, 3.63) is 11.6 Å². The van der Waals surface area contributed by atoms with Crippen LogP contribution < -0.4 is 0 Å². The molecule has 0 bridgehead atoms. The lowest BCUT2D eigenvalue weighted by atomic mass is 9.47. The highest BCUT2D eigenvalue weighted by Crippen LogP contribution is 2.71. The average molecular weight is 513 g/mol. The molecule has 8 atom stereocenters. The minimum Gasteiger partial charge on any atom is -0.393 e. The summed E-state index contributed by atoms with van der Waals surface area (Å²) in [5.41, 5.74) is 2.48. The SMILES string of the molecule is CC(C)CCC[C@@H](C)[C@H]1CC[C@H]2[C@@H]3CC=C4C[C@@H](O)CC[C@]4(C)[C@@]3(I)CC[C@]12C. The highest BCUT2D eigenvalue weighted by molar-refractivity contribution is 14.1. The minimum absolute atomic E-state index is 0.0951. The summed E-state index contributed by atoms with van der Waals surface area (Å²) < 4.78 is 0.412. The van der Waals surface area contributed by atoms with Crippen molar-refractivity contribution in [2.75, 3.05) is 0 Å². The quantitative estimate of drug-likeness (QED) is 0.225. The molecule has 4 aliphatic carbocycles. The molecule has 166 valence electrons. The fraction of sp³-hybridized carbons (Fsp3) is 0.926. The first-order chi connectivity index (χ1) is 13.6. The van der Waals surface area contributed by atoms with Crippen LogP contribution in [0.15, 0.2) is 11.6 Å². The second-order valence-electron chi connectivity index (χ2n) is 12.3. The Bertz CT molecular complexity index is 640. The van der Waals surface area contributed by atoms with Crippen LogP contribution in [0.3, 0.4) is 0 Å². The predicted octanol–water partition coefficient (Wildman–Crippen LogP) is 7.95. The third-order valence-electron chi connectivity index (χ3n) is 10.4. The Morgan fingerprint density at radius 3 is 2.52 bits per heavy atom. The molecule has 4 aliphatic rings. The summed E-state index contributed by atoms with van der Waals surface area (Å²) in [6.45, 7) is 12.6. The summed E-state index contributed by atoms with van der Waals surface area (Å²) in [7, 11) is 0. The molecule has 0 unspecified atom stereocenters. The molecule has 1 N–H and O–H groups in total. The molecule has 0 aromatic heterocycles. The average Bonchev–Trinajstić information content (AvgIpc) is 3.00. The van der Waals surface area contributed by atoms with Gasteiger partial charge in [-0.2, -0.15) is 0 Å². The minimum atomic E-state index is -0.0951. The fourth-order valence-electron chi connectivity index (χ4n) is 8.55. The Balaban J connectivity index is 1.54. The van der Waals surface area contributed by atoms with E-state index in [1.807, 2.05) is 0 Å². The lowest BCUT2D eigenvalue weighted by molar-refractivity contribution is -0.0317. The van der Waals surface area contributed by atoms with Gasteiger partial charge in [-0.25, -0.2) is 0 Å². The van der Waals surface area contributed by atoms with Gasteiger partial charge in [-0.15, -0.1) is 0 Å². The number of allylic oxidation sites excluding steroid dienone is 1. The first kappa shape index (κ1) is 22.6. The van der Waals surface area contributed by atoms with E-state index in [0.717, 1.165) is 42.4 Å². The molecular formula is C27H45IO. The highest BCUT2D eigenvalue weighted by Gasteiger charge is 2.65. The molecule has 0 spiro atoms. The number of hydrogen-bond donors (Lipinski definition) is 1. The predicted molar refractivity (Wildman–Crippen MR) is 132 cm³/mol. The summed E-state index contributed by atoms with van der Waals surface area (Å²) in [6, 6.07) is 0. The maximum atomic E-state index is 10.3. The molecule has 29 heavy (non-hydrogen) atoms. The number of aliphatic hydroxyl groups is 1. The fourth-order valence-corrected chi connectivity index (χ4v) is 10.1. The maximum Gasteiger partial charge on any atom is 0.0577 e. The number of alkyl halides is 1. The van der Waals surface area contributed by atoms with E-state index in [-0.39, 0.29) is 6.10 Å². The Morgan fingerprint density at radius 2 is 1.79 bits per heavy atom. The van der Waals surface area contributed by atoms with Gasteiger partial charge in [0.25, 0.3) is 0 Å². The molecule has 0 aromatic carbocycles. The lowest BCUT2D eigenvalue weighted by Gasteiger charge is -2.63. The maximum absolute atomic E-state index is 10.3. The molecule has 0 aliphatic heterocycles. The van der Waals surface area contributed by atoms with Gasteiger partial charge in [-0.1, -0.05) is 88.1 Å². The van der Waals surface area contributed by atoms with Crippen LogP contribution in [0.4, 0.5) is 0 Å². The number of hydrogen-bond acceptors (Lipinski definition) is 1. The van der Waals surface area contributed by atoms with Gasteiger partial charge in [0.05, 0.1) is 6.10 Å². The summed E-state index contributed by atoms with van der Waals surface area (Å²) in [5.74, 6) is 4.43. The Morgan fingerprint density at radius 1 is 1.03 bits per heavy atom. The van der Waals surface area contributed by atoms with Crippen LogP contribution in [0.25, 0.3) is 0 Å². The van der Waals surface area contributed by atoms with E-state index in [0.29, 0.717) is 14.3 Å². The van der Waals surface area contributed by atoms with E-state index in [9.17, 15) is 5.11 Å². The second kappa shape index (κ2) is 8.09. The van der Waals surface area contributed by atoms with E-state index < -0.39 is 0 Å². The van der Waals surface area contributed by atoms with Gasteiger partial charge < -0.3 is 5.11 Å². The van der Waals surface area contributed by atoms with Gasteiger partial charge >= 0.3 is 0 Å². The number of halogens is 1. The molecule has 3 fully saturated rings. The zero-order valence-electron chi connectivity index (χ0n) is 19.6. The molecule has 3 saturated carbocycles. The van der Waals surface area contributed by atoms with Crippen molar-refractivity contribution in [3.63, 3.8) is 0 Å². The van der Waals surface area contributed by atoms with E-state index in [4.69, 9.17) is 0 Å².